The van der Waals surface area contributed by atoms with Crippen molar-refractivity contribution in [3.05, 3.63) is 48.2 Å². The maximum Gasteiger partial charge on any atom is 0.0456 e. The van der Waals surface area contributed by atoms with Crippen molar-refractivity contribution >= 4 is 0 Å². The first-order valence-electron chi connectivity index (χ1n) is 4.63. The van der Waals surface area contributed by atoms with Gasteiger partial charge in [0.05, 0.1) is 0 Å². The Bertz CT molecular complexity index is 374. The molecule has 0 atom stereocenters. The van der Waals surface area contributed by atoms with Crippen LogP contribution in [0.4, 0.5) is 0 Å². The van der Waals surface area contributed by atoms with Crippen LogP contribution in [0.3, 0.4) is 0 Å². The van der Waals surface area contributed by atoms with Crippen LogP contribution in [0.25, 0.3) is 11.3 Å². The third-order valence-corrected chi connectivity index (χ3v) is 2.29. The highest BCUT2D eigenvalue weighted by atomic mass is 14.7. The Hall–Kier alpha value is -1.50. The Labute approximate surface area is 78.4 Å². The Balaban J connectivity index is 2.51. The second kappa shape index (κ2) is 3.48. The normalized spacial score (nSPS) is 10.2. The summed E-state index contributed by atoms with van der Waals surface area (Å²) in [6.07, 6.45) is 3.04. The van der Waals surface area contributed by atoms with Gasteiger partial charge >= 0.3 is 0 Å². The van der Waals surface area contributed by atoms with Gasteiger partial charge in [0.2, 0.25) is 0 Å². The third-order valence-electron chi connectivity index (χ3n) is 2.29. The lowest BCUT2D eigenvalue weighted by molar-refractivity contribution is 1.14. The van der Waals surface area contributed by atoms with Crippen LogP contribution < -0.4 is 0 Å². The second-order valence-electron chi connectivity index (χ2n) is 3.09. The van der Waals surface area contributed by atoms with Gasteiger partial charge in [-0.15, -0.1) is 0 Å². The molecule has 0 saturated heterocycles. The van der Waals surface area contributed by atoms with Crippen molar-refractivity contribution in [1.82, 2.24) is 4.98 Å². The summed E-state index contributed by atoms with van der Waals surface area (Å²) >= 11 is 0. The van der Waals surface area contributed by atoms with E-state index in [2.05, 4.69) is 42.2 Å². The van der Waals surface area contributed by atoms with E-state index in [0.717, 1.165) is 6.42 Å². The molecule has 1 nitrogen and oxygen atoms in total. The minimum Gasteiger partial charge on any atom is -0.361 e. The van der Waals surface area contributed by atoms with Crippen LogP contribution >= 0.6 is 0 Å². The van der Waals surface area contributed by atoms with Crippen molar-refractivity contribution in [3.8, 4) is 11.3 Å². The van der Waals surface area contributed by atoms with E-state index < -0.39 is 0 Å². The molecule has 2 rings (SSSR count). The molecule has 1 aromatic carbocycles. The van der Waals surface area contributed by atoms with E-state index in [4.69, 9.17) is 0 Å². The zero-order valence-corrected chi connectivity index (χ0v) is 7.75. The highest BCUT2D eigenvalue weighted by Gasteiger charge is 2.01. The van der Waals surface area contributed by atoms with E-state index in [1.54, 1.807) is 0 Å². The second-order valence-corrected chi connectivity index (χ2v) is 3.09. The number of hydrogen-bond donors (Lipinski definition) is 1. The van der Waals surface area contributed by atoms with Gasteiger partial charge in [-0.3, -0.25) is 0 Å². The van der Waals surface area contributed by atoms with Crippen molar-refractivity contribution in [2.24, 2.45) is 0 Å². The Kier molecular flexibility index (Phi) is 2.17. The molecule has 0 unspecified atom stereocenters. The molecule has 0 amide bonds. The van der Waals surface area contributed by atoms with Crippen LogP contribution in [0.2, 0.25) is 0 Å². The summed E-state index contributed by atoms with van der Waals surface area (Å²) in [5.74, 6) is 0. The smallest absolute Gasteiger partial charge is 0.0456 e. The maximum absolute atomic E-state index is 3.23. The fourth-order valence-electron chi connectivity index (χ4n) is 1.59. The number of H-pyrrole nitrogens is 1. The Morgan fingerprint density at radius 1 is 1.08 bits per heavy atom. The molecule has 1 heteroatoms. The predicted octanol–water partition coefficient (Wildman–Crippen LogP) is 3.24. The number of aromatic amines is 1. The summed E-state index contributed by atoms with van der Waals surface area (Å²) in [4.78, 5) is 3.23. The van der Waals surface area contributed by atoms with Gasteiger partial charge in [0, 0.05) is 17.5 Å². The van der Waals surface area contributed by atoms with E-state index in [-0.39, 0.29) is 0 Å². The average molecular weight is 171 g/mol. The molecule has 1 heterocycles. The van der Waals surface area contributed by atoms with Gasteiger partial charge in [-0.1, -0.05) is 31.2 Å². The largest absolute Gasteiger partial charge is 0.361 e. The zero-order valence-electron chi connectivity index (χ0n) is 7.75. The molecule has 0 spiro atoms. The van der Waals surface area contributed by atoms with E-state index in [1.807, 2.05) is 12.3 Å². The van der Waals surface area contributed by atoms with Gasteiger partial charge in [-0.2, -0.15) is 0 Å². The average Bonchev–Trinajstić information content (AvgIpc) is 2.70. The lowest BCUT2D eigenvalue weighted by Crippen LogP contribution is -1.86. The molecule has 13 heavy (non-hydrogen) atoms. The fraction of sp³-hybridized carbons (Fsp3) is 0.167. The van der Waals surface area contributed by atoms with Crippen molar-refractivity contribution < 1.29 is 0 Å². The molecule has 0 saturated carbocycles. The molecule has 0 bridgehead atoms. The van der Waals surface area contributed by atoms with Crippen LogP contribution in [0, 0.1) is 0 Å². The molecule has 2 aromatic rings. The molecule has 66 valence electrons. The molecule has 1 N–H and O–H groups in total. The highest BCUT2D eigenvalue weighted by molar-refractivity contribution is 5.63. The summed E-state index contributed by atoms with van der Waals surface area (Å²) in [6.45, 7) is 2.18. The van der Waals surface area contributed by atoms with E-state index >= 15 is 0 Å². The molecule has 0 aliphatic rings. The van der Waals surface area contributed by atoms with Gasteiger partial charge in [0.1, 0.15) is 0 Å². The van der Waals surface area contributed by atoms with Gasteiger partial charge in [0.15, 0.2) is 0 Å². The van der Waals surface area contributed by atoms with Crippen LogP contribution in [-0.4, -0.2) is 4.98 Å². The predicted molar refractivity (Wildman–Crippen MR) is 55.6 cm³/mol. The first-order valence-corrected chi connectivity index (χ1v) is 4.63. The Morgan fingerprint density at radius 3 is 2.62 bits per heavy atom. The van der Waals surface area contributed by atoms with E-state index in [0.29, 0.717) is 0 Å². The molecule has 1 aromatic heterocycles. The maximum atomic E-state index is 3.23. The quantitative estimate of drug-likeness (QED) is 0.714. The standard InChI is InChI=1S/C12H13N/c1-2-10-6-3-4-7-11(10)12-8-5-9-13-12/h3-9,13H,2H2,1H3. The molecular formula is C12H13N. The molecular weight excluding hydrogens is 158 g/mol. The number of aromatic nitrogens is 1. The molecule has 0 aliphatic heterocycles. The number of aryl methyl sites for hydroxylation is 1. The van der Waals surface area contributed by atoms with Crippen molar-refractivity contribution in [1.29, 1.82) is 0 Å². The molecule has 0 radical (unpaired) electrons. The van der Waals surface area contributed by atoms with E-state index in [9.17, 15) is 0 Å². The summed E-state index contributed by atoms with van der Waals surface area (Å²) in [6, 6.07) is 12.6. The number of rotatable bonds is 2. The van der Waals surface area contributed by atoms with E-state index in [1.165, 1.54) is 16.8 Å². The van der Waals surface area contributed by atoms with Gasteiger partial charge < -0.3 is 4.98 Å². The molecule has 0 fully saturated rings. The zero-order chi connectivity index (χ0) is 9.10. The fourth-order valence-corrected chi connectivity index (χ4v) is 1.59. The first kappa shape index (κ1) is 8.11. The summed E-state index contributed by atoms with van der Waals surface area (Å²) in [5.41, 5.74) is 3.91. The SMILES string of the molecule is CCc1ccccc1-c1ccc[nH]1. The van der Waals surface area contributed by atoms with Gasteiger partial charge in [-0.25, -0.2) is 0 Å². The lowest BCUT2D eigenvalue weighted by Gasteiger charge is -2.04. The monoisotopic (exact) mass is 171 g/mol. The minimum absolute atomic E-state index is 1.08. The minimum atomic E-state index is 1.08. The van der Waals surface area contributed by atoms with Crippen LogP contribution in [0.5, 0.6) is 0 Å². The van der Waals surface area contributed by atoms with Crippen molar-refractivity contribution in [2.75, 3.05) is 0 Å². The van der Waals surface area contributed by atoms with Gasteiger partial charge in [0.25, 0.3) is 0 Å². The topological polar surface area (TPSA) is 15.8 Å². The van der Waals surface area contributed by atoms with Crippen LogP contribution in [0.15, 0.2) is 42.6 Å². The summed E-state index contributed by atoms with van der Waals surface area (Å²) in [5, 5.41) is 0. The van der Waals surface area contributed by atoms with Crippen LogP contribution in [-0.2, 0) is 6.42 Å². The van der Waals surface area contributed by atoms with Crippen molar-refractivity contribution in [2.45, 2.75) is 13.3 Å². The summed E-state index contributed by atoms with van der Waals surface area (Å²) in [7, 11) is 0. The lowest BCUT2D eigenvalue weighted by atomic mass is 10.0. The Morgan fingerprint density at radius 2 is 1.92 bits per heavy atom. The van der Waals surface area contributed by atoms with Gasteiger partial charge in [-0.05, 0) is 24.1 Å². The number of nitrogens with one attached hydrogen (secondary N) is 1. The van der Waals surface area contributed by atoms with Crippen LogP contribution in [0.1, 0.15) is 12.5 Å². The first-order chi connectivity index (χ1) is 6.42. The van der Waals surface area contributed by atoms with Crippen molar-refractivity contribution in [3.63, 3.8) is 0 Å². The highest BCUT2D eigenvalue weighted by Crippen LogP contribution is 2.21. The third kappa shape index (κ3) is 1.50. The number of benzene rings is 1. The number of hydrogen-bond acceptors (Lipinski definition) is 0. The molecule has 0 aliphatic carbocycles. The summed E-state index contributed by atoms with van der Waals surface area (Å²) < 4.78 is 0.